The molecule has 1 aliphatic heterocycles. The summed E-state index contributed by atoms with van der Waals surface area (Å²) in [5.41, 5.74) is 1.88. The molecule has 2 heterocycles. The minimum Gasteiger partial charge on any atom is -0.340 e. The number of nitrogens with zero attached hydrogens (tertiary/aromatic N) is 3. The van der Waals surface area contributed by atoms with Crippen molar-refractivity contribution in [3.8, 4) is 0 Å². The fraction of sp³-hybridized carbons (Fsp3) is 0.412. The maximum Gasteiger partial charge on any atom is 0.274 e. The Hall–Kier alpha value is -2.10. The lowest BCUT2D eigenvalue weighted by molar-refractivity contribution is 0.0645. The smallest absolute Gasteiger partial charge is 0.274 e. The monoisotopic (exact) mass is 283 g/mol. The summed E-state index contributed by atoms with van der Waals surface area (Å²) in [5.74, 6) is 0.0393. The number of hydrogen-bond acceptors (Lipinski definition) is 2. The first-order chi connectivity index (χ1) is 10.1. The van der Waals surface area contributed by atoms with E-state index in [0.717, 1.165) is 25.9 Å². The molecule has 1 aromatic heterocycles. The summed E-state index contributed by atoms with van der Waals surface area (Å²) in [6.07, 6.45) is 5.61. The Morgan fingerprint density at radius 1 is 1.29 bits per heavy atom. The number of amides is 1. The van der Waals surface area contributed by atoms with Gasteiger partial charge in [0.05, 0.1) is 6.33 Å². The van der Waals surface area contributed by atoms with Crippen LogP contribution in [-0.4, -0.2) is 33.4 Å². The van der Waals surface area contributed by atoms with Gasteiger partial charge in [-0.15, -0.1) is 0 Å². The zero-order valence-electron chi connectivity index (χ0n) is 12.6. The second-order valence-corrected chi connectivity index (χ2v) is 6.18. The molecule has 0 radical (unpaired) electrons. The number of carbonyl (C=O) groups excluding carboxylic acids is 1. The minimum absolute atomic E-state index is 0.0317. The average Bonchev–Trinajstić information content (AvgIpc) is 2.94. The molecule has 1 amide bonds. The molecule has 0 bridgehead atoms. The summed E-state index contributed by atoms with van der Waals surface area (Å²) in [4.78, 5) is 18.7. The molecule has 4 nitrogen and oxygen atoms in total. The molecule has 0 saturated carbocycles. The van der Waals surface area contributed by atoms with Crippen molar-refractivity contribution in [2.45, 2.75) is 25.2 Å². The van der Waals surface area contributed by atoms with Gasteiger partial charge in [-0.05, 0) is 18.4 Å². The van der Waals surface area contributed by atoms with Gasteiger partial charge in [0.15, 0.2) is 0 Å². The molecule has 4 heteroatoms. The molecule has 1 aromatic carbocycles. The fourth-order valence-corrected chi connectivity index (χ4v) is 3.17. The number of likely N-dealkylation sites (tertiary alicyclic amines) is 1. The first-order valence-corrected chi connectivity index (χ1v) is 7.41. The highest BCUT2D eigenvalue weighted by Crippen LogP contribution is 2.33. The molecule has 0 N–H and O–H groups in total. The predicted octanol–water partition coefficient (Wildman–Crippen LogP) is 2.61. The summed E-state index contributed by atoms with van der Waals surface area (Å²) < 4.78 is 1.81. The second kappa shape index (κ2) is 5.35. The highest BCUT2D eigenvalue weighted by molar-refractivity contribution is 5.92. The van der Waals surface area contributed by atoms with E-state index < -0.39 is 0 Å². The molecular weight excluding hydrogens is 262 g/mol. The van der Waals surface area contributed by atoms with Gasteiger partial charge in [0.25, 0.3) is 5.91 Å². The Bertz CT molecular complexity index is 634. The van der Waals surface area contributed by atoms with Gasteiger partial charge in [0, 0.05) is 31.7 Å². The molecule has 0 aliphatic carbocycles. The van der Waals surface area contributed by atoms with Crippen LogP contribution in [0.5, 0.6) is 0 Å². The van der Waals surface area contributed by atoms with Crippen LogP contribution in [0.4, 0.5) is 0 Å². The van der Waals surface area contributed by atoms with Crippen molar-refractivity contribution in [2.24, 2.45) is 7.05 Å². The Kier molecular flexibility index (Phi) is 3.53. The standard InChI is InChI=1S/C17H21N3O/c1-17(14-7-4-3-5-8-14)9-6-10-20(12-17)16(21)15-11-19(2)13-18-15/h3-5,7-8,11,13H,6,9-10,12H2,1-2H3. The lowest BCUT2D eigenvalue weighted by Crippen LogP contribution is -2.47. The number of aryl methyl sites for hydroxylation is 1. The van der Waals surface area contributed by atoms with Gasteiger partial charge < -0.3 is 9.47 Å². The fourth-order valence-electron chi connectivity index (χ4n) is 3.17. The molecular formula is C17H21N3O. The predicted molar refractivity (Wildman–Crippen MR) is 82.1 cm³/mol. The summed E-state index contributed by atoms with van der Waals surface area (Å²) in [6.45, 7) is 3.82. The van der Waals surface area contributed by atoms with Gasteiger partial charge in [-0.25, -0.2) is 4.98 Å². The molecule has 1 saturated heterocycles. The van der Waals surface area contributed by atoms with Gasteiger partial charge in [0.1, 0.15) is 5.69 Å². The molecule has 0 spiro atoms. The van der Waals surface area contributed by atoms with Crippen molar-refractivity contribution in [1.29, 1.82) is 0 Å². The molecule has 21 heavy (non-hydrogen) atoms. The van der Waals surface area contributed by atoms with Gasteiger partial charge >= 0.3 is 0 Å². The van der Waals surface area contributed by atoms with E-state index in [1.807, 2.05) is 22.6 Å². The number of hydrogen-bond donors (Lipinski definition) is 0. The van der Waals surface area contributed by atoms with Crippen LogP contribution in [0.2, 0.25) is 0 Å². The summed E-state index contributed by atoms with van der Waals surface area (Å²) in [6, 6.07) is 10.5. The van der Waals surface area contributed by atoms with E-state index in [0.29, 0.717) is 5.69 Å². The van der Waals surface area contributed by atoms with Crippen molar-refractivity contribution in [3.63, 3.8) is 0 Å². The molecule has 3 rings (SSSR count). The quantitative estimate of drug-likeness (QED) is 0.849. The van der Waals surface area contributed by atoms with Gasteiger partial charge in [-0.1, -0.05) is 37.3 Å². The third kappa shape index (κ3) is 2.71. The van der Waals surface area contributed by atoms with Gasteiger partial charge in [0.2, 0.25) is 0 Å². The minimum atomic E-state index is 0.0317. The molecule has 1 aliphatic rings. The highest BCUT2D eigenvalue weighted by atomic mass is 16.2. The Morgan fingerprint density at radius 2 is 2.05 bits per heavy atom. The normalized spacial score (nSPS) is 22.3. The Balaban J connectivity index is 1.81. The van der Waals surface area contributed by atoms with Crippen LogP contribution in [0.3, 0.4) is 0 Å². The van der Waals surface area contributed by atoms with Crippen LogP contribution >= 0.6 is 0 Å². The molecule has 1 unspecified atom stereocenters. The molecule has 1 fully saturated rings. The summed E-state index contributed by atoms with van der Waals surface area (Å²) in [5, 5.41) is 0. The van der Waals surface area contributed by atoms with E-state index in [1.54, 1.807) is 12.5 Å². The summed E-state index contributed by atoms with van der Waals surface area (Å²) in [7, 11) is 1.88. The van der Waals surface area contributed by atoms with E-state index in [9.17, 15) is 4.79 Å². The van der Waals surface area contributed by atoms with Crippen LogP contribution in [0.25, 0.3) is 0 Å². The van der Waals surface area contributed by atoms with E-state index in [2.05, 4.69) is 36.2 Å². The first kappa shape index (κ1) is 13.9. The first-order valence-electron chi connectivity index (χ1n) is 7.41. The lowest BCUT2D eigenvalue weighted by Gasteiger charge is -2.40. The van der Waals surface area contributed by atoms with Crippen molar-refractivity contribution >= 4 is 5.91 Å². The van der Waals surface area contributed by atoms with E-state index in [-0.39, 0.29) is 11.3 Å². The number of piperidine rings is 1. The molecule has 110 valence electrons. The third-order valence-corrected chi connectivity index (χ3v) is 4.38. The van der Waals surface area contributed by atoms with Gasteiger partial charge in [-0.2, -0.15) is 0 Å². The van der Waals surface area contributed by atoms with E-state index >= 15 is 0 Å². The highest BCUT2D eigenvalue weighted by Gasteiger charge is 2.35. The SMILES string of the molecule is Cn1cnc(C(=O)N2CCCC(C)(c3ccccc3)C2)c1. The van der Waals surface area contributed by atoms with E-state index in [1.165, 1.54) is 5.56 Å². The lowest BCUT2D eigenvalue weighted by atomic mass is 9.76. The van der Waals surface area contributed by atoms with Crippen molar-refractivity contribution in [3.05, 3.63) is 54.1 Å². The number of carbonyl (C=O) groups is 1. The topological polar surface area (TPSA) is 38.1 Å². The number of rotatable bonds is 2. The summed E-state index contributed by atoms with van der Waals surface area (Å²) >= 11 is 0. The van der Waals surface area contributed by atoms with Crippen LogP contribution in [-0.2, 0) is 12.5 Å². The third-order valence-electron chi connectivity index (χ3n) is 4.38. The Labute approximate surface area is 125 Å². The molecule has 1 atom stereocenters. The van der Waals surface area contributed by atoms with Gasteiger partial charge in [-0.3, -0.25) is 4.79 Å². The zero-order chi connectivity index (χ0) is 14.9. The van der Waals surface area contributed by atoms with Crippen LogP contribution < -0.4 is 0 Å². The number of imidazole rings is 1. The van der Waals surface area contributed by atoms with Crippen molar-refractivity contribution in [2.75, 3.05) is 13.1 Å². The largest absolute Gasteiger partial charge is 0.340 e. The average molecular weight is 283 g/mol. The van der Waals surface area contributed by atoms with E-state index in [4.69, 9.17) is 0 Å². The maximum absolute atomic E-state index is 12.6. The maximum atomic E-state index is 12.6. The number of aromatic nitrogens is 2. The van der Waals surface area contributed by atoms with Crippen molar-refractivity contribution < 1.29 is 4.79 Å². The molecule has 2 aromatic rings. The Morgan fingerprint density at radius 3 is 2.71 bits per heavy atom. The van der Waals surface area contributed by atoms with Crippen LogP contribution in [0.1, 0.15) is 35.8 Å². The number of benzene rings is 1. The van der Waals surface area contributed by atoms with Crippen molar-refractivity contribution in [1.82, 2.24) is 14.5 Å². The zero-order valence-corrected chi connectivity index (χ0v) is 12.6. The van der Waals surface area contributed by atoms with Crippen LogP contribution in [0, 0.1) is 0 Å². The second-order valence-electron chi connectivity index (χ2n) is 6.18. The van der Waals surface area contributed by atoms with Crippen LogP contribution in [0.15, 0.2) is 42.9 Å².